The zero-order valence-electron chi connectivity index (χ0n) is 17.8. The third-order valence-corrected chi connectivity index (χ3v) is 5.22. The topological polar surface area (TPSA) is 60.0 Å². The summed E-state index contributed by atoms with van der Waals surface area (Å²) in [4.78, 5) is 14.7. The zero-order valence-corrected chi connectivity index (χ0v) is 17.8. The van der Waals surface area contributed by atoms with Crippen molar-refractivity contribution >= 4 is 5.91 Å². The molecular weight excluding hydrogens is 406 g/mol. The molecule has 31 heavy (non-hydrogen) atoms. The summed E-state index contributed by atoms with van der Waals surface area (Å²) in [6, 6.07) is 12.9. The van der Waals surface area contributed by atoms with E-state index in [1.807, 2.05) is 19.1 Å². The summed E-state index contributed by atoms with van der Waals surface area (Å²) in [5, 5.41) is 2.89. The van der Waals surface area contributed by atoms with Crippen LogP contribution in [0.5, 0.6) is 17.2 Å². The van der Waals surface area contributed by atoms with Crippen molar-refractivity contribution in [2.45, 2.75) is 39.0 Å². The van der Waals surface area contributed by atoms with E-state index in [4.69, 9.17) is 9.47 Å². The maximum atomic E-state index is 12.5. The zero-order chi connectivity index (χ0) is 22.2. The van der Waals surface area contributed by atoms with Gasteiger partial charge in [0, 0.05) is 12.6 Å². The number of alkyl halides is 2. The van der Waals surface area contributed by atoms with E-state index in [0.29, 0.717) is 13.2 Å². The first-order valence-corrected chi connectivity index (χ1v) is 10.4. The van der Waals surface area contributed by atoms with Crippen molar-refractivity contribution in [3.8, 4) is 17.2 Å². The quantitative estimate of drug-likeness (QED) is 0.609. The van der Waals surface area contributed by atoms with Gasteiger partial charge in [0.25, 0.3) is 0 Å². The Hall–Kier alpha value is -2.87. The van der Waals surface area contributed by atoms with Gasteiger partial charge in [-0.2, -0.15) is 8.78 Å². The second-order valence-corrected chi connectivity index (χ2v) is 7.27. The molecule has 0 bridgehead atoms. The molecule has 3 rings (SSSR count). The van der Waals surface area contributed by atoms with E-state index in [-0.39, 0.29) is 30.0 Å². The largest absolute Gasteiger partial charge is 0.494 e. The van der Waals surface area contributed by atoms with E-state index in [0.717, 1.165) is 30.7 Å². The van der Waals surface area contributed by atoms with Crippen LogP contribution in [0.4, 0.5) is 8.78 Å². The second kappa shape index (κ2) is 10.9. The van der Waals surface area contributed by atoms with Gasteiger partial charge in [0.2, 0.25) is 5.91 Å². The van der Waals surface area contributed by atoms with Gasteiger partial charge in [-0.3, -0.25) is 9.69 Å². The van der Waals surface area contributed by atoms with E-state index in [1.165, 1.54) is 18.7 Å². The second-order valence-electron chi connectivity index (χ2n) is 7.27. The van der Waals surface area contributed by atoms with Gasteiger partial charge in [0.05, 0.1) is 20.3 Å². The Morgan fingerprint density at radius 3 is 2.65 bits per heavy atom. The van der Waals surface area contributed by atoms with Gasteiger partial charge in [0.15, 0.2) is 11.5 Å². The first-order chi connectivity index (χ1) is 15.0. The molecule has 1 aliphatic rings. The number of amides is 1. The van der Waals surface area contributed by atoms with Gasteiger partial charge >= 0.3 is 6.61 Å². The van der Waals surface area contributed by atoms with Gasteiger partial charge in [-0.1, -0.05) is 18.2 Å². The SMILES string of the molecule is CCOc1ccc([C@@H]2CCCN2CC(=O)NCc2ccc(OC(F)F)c(OC)c2)cc1. The van der Waals surface area contributed by atoms with E-state index >= 15 is 0 Å². The molecule has 1 amide bonds. The summed E-state index contributed by atoms with van der Waals surface area (Å²) in [7, 11) is 1.38. The first-order valence-electron chi connectivity index (χ1n) is 10.4. The van der Waals surface area contributed by atoms with Crippen LogP contribution < -0.4 is 19.5 Å². The summed E-state index contributed by atoms with van der Waals surface area (Å²) < 4.78 is 39.9. The van der Waals surface area contributed by atoms with E-state index in [1.54, 1.807) is 12.1 Å². The third-order valence-electron chi connectivity index (χ3n) is 5.22. The Kier molecular flexibility index (Phi) is 8.06. The van der Waals surface area contributed by atoms with Gasteiger partial charge in [0.1, 0.15) is 5.75 Å². The number of halogens is 2. The lowest BCUT2D eigenvalue weighted by molar-refractivity contribution is -0.122. The standard InChI is InChI=1S/C23H28F2N2O4/c1-3-30-18-9-7-17(8-10-18)19-5-4-12-27(19)15-22(28)26-14-16-6-11-20(31-23(24)25)21(13-16)29-2/h6-11,13,19,23H,3-5,12,14-15H2,1-2H3,(H,26,28)/t19-/m0/s1. The molecule has 0 spiro atoms. The fraction of sp³-hybridized carbons (Fsp3) is 0.435. The number of ether oxygens (including phenoxy) is 3. The molecule has 0 unspecified atom stereocenters. The minimum atomic E-state index is -2.93. The van der Waals surface area contributed by atoms with Crippen molar-refractivity contribution in [2.24, 2.45) is 0 Å². The Morgan fingerprint density at radius 2 is 1.97 bits per heavy atom. The number of carbonyl (C=O) groups excluding carboxylic acids is 1. The minimum Gasteiger partial charge on any atom is -0.494 e. The number of carbonyl (C=O) groups is 1. The predicted molar refractivity (Wildman–Crippen MR) is 113 cm³/mol. The van der Waals surface area contributed by atoms with Crippen molar-refractivity contribution in [1.29, 1.82) is 0 Å². The maximum Gasteiger partial charge on any atom is 0.387 e. The molecule has 1 aliphatic heterocycles. The number of benzene rings is 2. The minimum absolute atomic E-state index is 0.0390. The van der Waals surface area contributed by atoms with Gasteiger partial charge < -0.3 is 19.5 Å². The van der Waals surface area contributed by atoms with Crippen molar-refractivity contribution in [1.82, 2.24) is 10.2 Å². The van der Waals surface area contributed by atoms with Crippen molar-refractivity contribution in [3.63, 3.8) is 0 Å². The predicted octanol–water partition coefficient (Wildman–Crippen LogP) is 4.15. The monoisotopic (exact) mass is 434 g/mol. The first kappa shape index (κ1) is 22.8. The maximum absolute atomic E-state index is 12.5. The van der Waals surface area contributed by atoms with Crippen LogP contribution in [0.15, 0.2) is 42.5 Å². The van der Waals surface area contributed by atoms with Gasteiger partial charge in [-0.15, -0.1) is 0 Å². The summed E-state index contributed by atoms with van der Waals surface area (Å²) in [6.45, 7) is 1.07. The lowest BCUT2D eigenvalue weighted by Crippen LogP contribution is -2.36. The van der Waals surface area contributed by atoms with Crippen molar-refractivity contribution < 1.29 is 27.8 Å². The molecule has 1 atom stereocenters. The van der Waals surface area contributed by atoms with E-state index in [9.17, 15) is 13.6 Å². The highest BCUT2D eigenvalue weighted by Crippen LogP contribution is 2.32. The van der Waals surface area contributed by atoms with Crippen LogP contribution in [0.1, 0.15) is 36.9 Å². The lowest BCUT2D eigenvalue weighted by atomic mass is 10.0. The molecule has 6 nitrogen and oxygen atoms in total. The summed E-state index contributed by atoms with van der Waals surface area (Å²) >= 11 is 0. The molecule has 2 aromatic rings. The molecule has 1 heterocycles. The normalized spacial score (nSPS) is 16.4. The Balaban J connectivity index is 1.55. The average molecular weight is 434 g/mol. The van der Waals surface area contributed by atoms with Crippen LogP contribution >= 0.6 is 0 Å². The number of hydrogen-bond donors (Lipinski definition) is 1. The van der Waals surface area contributed by atoms with Crippen molar-refractivity contribution in [2.75, 3.05) is 26.8 Å². The van der Waals surface area contributed by atoms with Crippen LogP contribution in [0.2, 0.25) is 0 Å². The van der Waals surface area contributed by atoms with Crippen LogP contribution in [0.3, 0.4) is 0 Å². The summed E-state index contributed by atoms with van der Waals surface area (Å²) in [6.07, 6.45) is 2.04. The highest BCUT2D eigenvalue weighted by atomic mass is 19.3. The fourth-order valence-electron chi connectivity index (χ4n) is 3.80. The van der Waals surface area contributed by atoms with E-state index in [2.05, 4.69) is 27.1 Å². The summed E-state index contributed by atoms with van der Waals surface area (Å²) in [5.74, 6) is 0.906. The molecule has 2 aromatic carbocycles. The number of nitrogens with zero attached hydrogens (tertiary/aromatic N) is 1. The van der Waals surface area contributed by atoms with Crippen LogP contribution in [0.25, 0.3) is 0 Å². The number of rotatable bonds is 10. The number of nitrogens with one attached hydrogen (secondary N) is 1. The molecule has 0 aliphatic carbocycles. The van der Waals surface area contributed by atoms with E-state index < -0.39 is 6.61 Å². The molecule has 1 fully saturated rings. The highest BCUT2D eigenvalue weighted by Gasteiger charge is 2.27. The molecule has 0 aromatic heterocycles. The Bertz CT molecular complexity index is 861. The van der Waals surface area contributed by atoms with Crippen LogP contribution in [-0.4, -0.2) is 44.2 Å². The van der Waals surface area contributed by atoms with Crippen LogP contribution in [-0.2, 0) is 11.3 Å². The molecule has 1 N–H and O–H groups in total. The van der Waals surface area contributed by atoms with Crippen LogP contribution in [0, 0.1) is 0 Å². The Morgan fingerprint density at radius 1 is 1.19 bits per heavy atom. The molecule has 1 saturated heterocycles. The smallest absolute Gasteiger partial charge is 0.387 e. The summed E-state index contributed by atoms with van der Waals surface area (Å²) in [5.41, 5.74) is 1.91. The average Bonchev–Trinajstić information content (AvgIpc) is 3.21. The fourth-order valence-corrected chi connectivity index (χ4v) is 3.80. The number of hydrogen-bond acceptors (Lipinski definition) is 5. The third kappa shape index (κ3) is 6.30. The number of methoxy groups -OCH3 is 1. The van der Waals surface area contributed by atoms with Gasteiger partial charge in [-0.25, -0.2) is 0 Å². The number of likely N-dealkylation sites (tertiary alicyclic amines) is 1. The Labute approximate surface area is 181 Å². The molecule has 168 valence electrons. The van der Waals surface area contributed by atoms with Crippen molar-refractivity contribution in [3.05, 3.63) is 53.6 Å². The van der Waals surface area contributed by atoms with Gasteiger partial charge in [-0.05, 0) is 61.7 Å². The molecule has 0 saturated carbocycles. The molecular formula is C23H28F2N2O4. The lowest BCUT2D eigenvalue weighted by Gasteiger charge is -2.24. The highest BCUT2D eigenvalue weighted by molar-refractivity contribution is 5.78. The molecule has 8 heteroatoms. The molecule has 0 radical (unpaired) electrons.